The van der Waals surface area contributed by atoms with Crippen molar-refractivity contribution in [2.24, 2.45) is 0 Å². The van der Waals surface area contributed by atoms with Crippen molar-refractivity contribution in [3.8, 4) is 5.75 Å². The van der Waals surface area contributed by atoms with Crippen molar-refractivity contribution in [3.63, 3.8) is 0 Å². The molecule has 4 heteroatoms. The van der Waals surface area contributed by atoms with E-state index in [4.69, 9.17) is 9.47 Å². The molecule has 0 bridgehead atoms. The Morgan fingerprint density at radius 2 is 1.63 bits per heavy atom. The number of aromatic hydroxyl groups is 1. The molecule has 1 unspecified atom stereocenters. The number of anilines is 1. The molecular formula is C15H19NO3. The fourth-order valence-corrected chi connectivity index (χ4v) is 2.24. The molecule has 0 aliphatic carbocycles. The molecule has 2 N–H and O–H groups in total. The summed E-state index contributed by atoms with van der Waals surface area (Å²) in [7, 11) is 3.22. The number of fused-ring (bicyclic) bond motifs is 1. The number of phenols is 1. The second kappa shape index (κ2) is 5.91. The van der Waals surface area contributed by atoms with E-state index in [2.05, 4.69) is 5.32 Å². The van der Waals surface area contributed by atoms with Crippen LogP contribution >= 0.6 is 0 Å². The Morgan fingerprint density at radius 1 is 1.00 bits per heavy atom. The lowest BCUT2D eigenvalue weighted by atomic mass is 10.1. The third-order valence-corrected chi connectivity index (χ3v) is 3.16. The molecule has 19 heavy (non-hydrogen) atoms. The molecule has 4 nitrogen and oxygen atoms in total. The molecule has 0 heterocycles. The second-order valence-electron chi connectivity index (χ2n) is 4.45. The van der Waals surface area contributed by atoms with Crippen molar-refractivity contribution in [1.29, 1.82) is 0 Å². The zero-order valence-corrected chi connectivity index (χ0v) is 11.4. The minimum atomic E-state index is -0.326. The van der Waals surface area contributed by atoms with Gasteiger partial charge in [0.1, 0.15) is 5.75 Å². The minimum absolute atomic E-state index is 0.0112. The van der Waals surface area contributed by atoms with E-state index in [1.54, 1.807) is 20.3 Å². The van der Waals surface area contributed by atoms with Crippen LogP contribution in [0.25, 0.3) is 10.8 Å². The average molecular weight is 261 g/mol. The van der Waals surface area contributed by atoms with Crippen LogP contribution in [0.4, 0.5) is 5.69 Å². The van der Waals surface area contributed by atoms with Gasteiger partial charge in [-0.2, -0.15) is 0 Å². The molecule has 0 fully saturated rings. The van der Waals surface area contributed by atoms with E-state index < -0.39 is 0 Å². The highest BCUT2D eigenvalue weighted by Crippen LogP contribution is 2.30. The van der Waals surface area contributed by atoms with Crippen LogP contribution in [0.3, 0.4) is 0 Å². The SMILES string of the molecule is COC(OC)C(C)Nc1cccc2c(O)cccc12. The van der Waals surface area contributed by atoms with Gasteiger partial charge >= 0.3 is 0 Å². The summed E-state index contributed by atoms with van der Waals surface area (Å²) in [6.45, 7) is 1.99. The summed E-state index contributed by atoms with van der Waals surface area (Å²) in [5, 5.41) is 15.0. The van der Waals surface area contributed by atoms with Gasteiger partial charge in [0.05, 0.1) is 6.04 Å². The van der Waals surface area contributed by atoms with Gasteiger partial charge in [0.15, 0.2) is 6.29 Å². The molecule has 0 saturated carbocycles. The Morgan fingerprint density at radius 3 is 2.32 bits per heavy atom. The Bertz CT molecular complexity index is 552. The molecule has 0 radical (unpaired) electrons. The van der Waals surface area contributed by atoms with Crippen molar-refractivity contribution in [2.75, 3.05) is 19.5 Å². The molecule has 0 saturated heterocycles. The maximum Gasteiger partial charge on any atom is 0.176 e. The second-order valence-corrected chi connectivity index (χ2v) is 4.45. The van der Waals surface area contributed by atoms with Gasteiger partial charge in [-0.1, -0.05) is 24.3 Å². The van der Waals surface area contributed by atoms with E-state index in [9.17, 15) is 5.11 Å². The highest BCUT2D eigenvalue weighted by atomic mass is 16.7. The molecule has 2 aromatic rings. The summed E-state index contributed by atoms with van der Waals surface area (Å²) in [4.78, 5) is 0. The summed E-state index contributed by atoms with van der Waals surface area (Å²) in [5.41, 5.74) is 0.944. The van der Waals surface area contributed by atoms with Gasteiger partial charge in [0.2, 0.25) is 0 Å². The lowest BCUT2D eigenvalue weighted by molar-refractivity contribution is -0.109. The van der Waals surface area contributed by atoms with Crippen LogP contribution in [0.15, 0.2) is 36.4 Å². The summed E-state index contributed by atoms with van der Waals surface area (Å²) >= 11 is 0. The average Bonchev–Trinajstić information content (AvgIpc) is 2.41. The molecule has 2 aromatic carbocycles. The van der Waals surface area contributed by atoms with Crippen molar-refractivity contribution < 1.29 is 14.6 Å². The fourth-order valence-electron chi connectivity index (χ4n) is 2.24. The van der Waals surface area contributed by atoms with Crippen LogP contribution in [0.5, 0.6) is 5.75 Å². The lowest BCUT2D eigenvalue weighted by Crippen LogP contribution is -2.33. The number of phenolic OH excluding ortho intramolecular Hbond substituents is 1. The van der Waals surface area contributed by atoms with Crippen molar-refractivity contribution in [3.05, 3.63) is 36.4 Å². The van der Waals surface area contributed by atoms with Crippen LogP contribution < -0.4 is 5.32 Å². The highest BCUT2D eigenvalue weighted by Gasteiger charge is 2.16. The predicted molar refractivity (Wildman–Crippen MR) is 76.5 cm³/mol. The molecule has 102 valence electrons. The van der Waals surface area contributed by atoms with Gasteiger partial charge in [0, 0.05) is 30.7 Å². The van der Waals surface area contributed by atoms with E-state index in [0.717, 1.165) is 16.5 Å². The number of rotatable bonds is 5. The van der Waals surface area contributed by atoms with Gasteiger partial charge in [-0.25, -0.2) is 0 Å². The molecule has 0 aliphatic heterocycles. The van der Waals surface area contributed by atoms with E-state index >= 15 is 0 Å². The van der Waals surface area contributed by atoms with Crippen LogP contribution in [0, 0.1) is 0 Å². The van der Waals surface area contributed by atoms with Crippen molar-refractivity contribution >= 4 is 16.5 Å². The molecular weight excluding hydrogens is 242 g/mol. The third-order valence-electron chi connectivity index (χ3n) is 3.16. The number of methoxy groups -OCH3 is 2. The maximum absolute atomic E-state index is 9.85. The smallest absolute Gasteiger partial charge is 0.176 e. The van der Waals surface area contributed by atoms with Crippen LogP contribution in [-0.2, 0) is 9.47 Å². The quantitative estimate of drug-likeness (QED) is 0.812. The van der Waals surface area contributed by atoms with Gasteiger partial charge in [-0.3, -0.25) is 0 Å². The topological polar surface area (TPSA) is 50.7 Å². The summed E-state index contributed by atoms with van der Waals surface area (Å²) in [6, 6.07) is 11.2. The first kappa shape index (κ1) is 13.6. The van der Waals surface area contributed by atoms with Crippen molar-refractivity contribution in [2.45, 2.75) is 19.3 Å². The maximum atomic E-state index is 9.85. The first-order valence-corrected chi connectivity index (χ1v) is 6.20. The van der Waals surface area contributed by atoms with E-state index in [-0.39, 0.29) is 18.1 Å². The van der Waals surface area contributed by atoms with Gasteiger partial charge < -0.3 is 19.9 Å². The molecule has 0 aliphatic rings. The largest absolute Gasteiger partial charge is 0.507 e. The molecule has 0 spiro atoms. The Balaban J connectivity index is 2.33. The van der Waals surface area contributed by atoms with Gasteiger partial charge in [0.25, 0.3) is 0 Å². The number of hydrogen-bond acceptors (Lipinski definition) is 4. The zero-order chi connectivity index (χ0) is 13.8. The highest BCUT2D eigenvalue weighted by molar-refractivity contribution is 5.97. The monoisotopic (exact) mass is 261 g/mol. The fraction of sp³-hybridized carbons (Fsp3) is 0.333. The normalized spacial score (nSPS) is 12.8. The summed E-state index contributed by atoms with van der Waals surface area (Å²) < 4.78 is 10.5. The number of benzene rings is 2. The summed E-state index contributed by atoms with van der Waals surface area (Å²) in [6.07, 6.45) is -0.326. The first-order valence-electron chi connectivity index (χ1n) is 6.20. The molecule has 0 amide bonds. The van der Waals surface area contributed by atoms with Crippen LogP contribution in [0.2, 0.25) is 0 Å². The Kier molecular flexibility index (Phi) is 4.24. The van der Waals surface area contributed by atoms with E-state index in [1.807, 2.05) is 37.3 Å². The minimum Gasteiger partial charge on any atom is -0.507 e. The van der Waals surface area contributed by atoms with Crippen molar-refractivity contribution in [1.82, 2.24) is 0 Å². The molecule has 0 aromatic heterocycles. The lowest BCUT2D eigenvalue weighted by Gasteiger charge is -2.23. The third kappa shape index (κ3) is 2.80. The van der Waals surface area contributed by atoms with E-state index in [0.29, 0.717) is 0 Å². The van der Waals surface area contributed by atoms with Crippen LogP contribution in [-0.4, -0.2) is 31.7 Å². The number of ether oxygens (including phenoxy) is 2. The zero-order valence-electron chi connectivity index (χ0n) is 11.4. The van der Waals surface area contributed by atoms with Crippen LogP contribution in [0.1, 0.15) is 6.92 Å². The number of nitrogens with one attached hydrogen (secondary N) is 1. The van der Waals surface area contributed by atoms with E-state index in [1.165, 1.54) is 0 Å². The molecule has 2 rings (SSSR count). The molecule has 1 atom stereocenters. The summed E-state index contributed by atoms with van der Waals surface area (Å²) in [5.74, 6) is 0.281. The Labute approximate surface area is 113 Å². The standard InChI is InChI=1S/C15H19NO3/c1-10(15(18-2)19-3)16-13-8-4-7-12-11(13)6-5-9-14(12)17/h4-10,15-17H,1-3H3. The van der Waals surface area contributed by atoms with Gasteiger partial charge in [-0.05, 0) is 19.1 Å². The predicted octanol–water partition coefficient (Wildman–Crippen LogP) is 2.96. The first-order chi connectivity index (χ1) is 9.17. The Hall–Kier alpha value is -1.78. The van der Waals surface area contributed by atoms with Gasteiger partial charge in [-0.15, -0.1) is 0 Å². The number of hydrogen-bond donors (Lipinski definition) is 2.